The fraction of sp³-hybridized carbons (Fsp3) is 0.957. The lowest BCUT2D eigenvalue weighted by atomic mass is 9.85. The molecule has 0 aliphatic carbocycles. The maximum Gasteiger partial charge on any atom is 0.410 e. The van der Waals surface area contributed by atoms with Crippen LogP contribution in [0, 0.1) is 5.41 Å². The third kappa shape index (κ3) is 8.00. The van der Waals surface area contributed by atoms with E-state index in [1.807, 2.05) is 25.7 Å². The maximum atomic E-state index is 12.7. The van der Waals surface area contributed by atoms with Crippen LogP contribution in [0.2, 0.25) is 13.1 Å². The van der Waals surface area contributed by atoms with Gasteiger partial charge in [-0.25, -0.2) is 4.79 Å². The molecule has 1 amide bonds. The number of amides is 1. The topological polar surface area (TPSA) is 63.3 Å². The highest BCUT2D eigenvalue weighted by Crippen LogP contribution is 2.30. The molecular formula is C23H47N3O4Si. The number of carbonyl (C=O) groups is 1. The Labute approximate surface area is 191 Å². The van der Waals surface area contributed by atoms with Crippen molar-refractivity contribution in [3.8, 4) is 0 Å². The third-order valence-corrected chi connectivity index (χ3v) is 6.77. The minimum atomic E-state index is -1.19. The van der Waals surface area contributed by atoms with E-state index < -0.39 is 14.6 Å². The van der Waals surface area contributed by atoms with Gasteiger partial charge in [0, 0.05) is 44.3 Å². The summed E-state index contributed by atoms with van der Waals surface area (Å²) in [7, 11) is -1.19. The summed E-state index contributed by atoms with van der Waals surface area (Å²) in [4.78, 5) is 17.1. The summed E-state index contributed by atoms with van der Waals surface area (Å²) in [5.41, 5.74) is -0.453. The fourth-order valence-electron chi connectivity index (χ4n) is 4.32. The van der Waals surface area contributed by atoms with Crippen molar-refractivity contribution >= 4 is 15.1 Å². The molecule has 0 saturated carbocycles. The molecule has 0 aromatic carbocycles. The van der Waals surface area contributed by atoms with Crippen LogP contribution in [0.4, 0.5) is 4.79 Å². The van der Waals surface area contributed by atoms with E-state index in [-0.39, 0.29) is 35.8 Å². The van der Waals surface area contributed by atoms with Gasteiger partial charge in [0.05, 0.1) is 18.8 Å². The Morgan fingerprint density at radius 1 is 1.13 bits per heavy atom. The van der Waals surface area contributed by atoms with Crippen LogP contribution in [-0.2, 0) is 13.9 Å². The molecule has 2 aliphatic rings. The van der Waals surface area contributed by atoms with Crippen molar-refractivity contribution in [3.05, 3.63) is 0 Å². The number of hydrogen-bond acceptors (Lipinski definition) is 6. The number of rotatable bonds is 5. The van der Waals surface area contributed by atoms with Gasteiger partial charge < -0.3 is 24.1 Å². The van der Waals surface area contributed by atoms with Gasteiger partial charge in [-0.15, -0.1) is 0 Å². The molecule has 2 heterocycles. The first-order valence-electron chi connectivity index (χ1n) is 11.9. The average Bonchev–Trinajstić information content (AvgIpc) is 2.60. The summed E-state index contributed by atoms with van der Waals surface area (Å²) in [6.07, 6.45) is -0.0650. The predicted octanol–water partition coefficient (Wildman–Crippen LogP) is 3.09. The van der Waals surface area contributed by atoms with Crippen molar-refractivity contribution in [2.45, 2.75) is 104 Å². The van der Waals surface area contributed by atoms with Gasteiger partial charge in [-0.1, -0.05) is 20.8 Å². The van der Waals surface area contributed by atoms with Gasteiger partial charge in [-0.3, -0.25) is 4.90 Å². The SMILES string of the molecule is C[C@@H]1CO[C@@H](C(O[SiH](C)C)C(C)(C)C)CN1C[C@H]1CN(C(=O)OC(C)(C)C)[C@H](C)CN1. The number of hydrogen-bond donors (Lipinski definition) is 1. The molecule has 0 aromatic heterocycles. The van der Waals surface area contributed by atoms with Gasteiger partial charge in [0.25, 0.3) is 0 Å². The fourth-order valence-corrected chi connectivity index (χ4v) is 5.49. The zero-order valence-corrected chi connectivity index (χ0v) is 22.7. The Morgan fingerprint density at radius 3 is 2.32 bits per heavy atom. The summed E-state index contributed by atoms with van der Waals surface area (Å²) in [5, 5.41) is 3.63. The van der Waals surface area contributed by atoms with Crippen LogP contribution in [-0.4, -0.2) is 93.7 Å². The molecule has 1 unspecified atom stereocenters. The second kappa shape index (κ2) is 10.5. The van der Waals surface area contributed by atoms with E-state index in [1.54, 1.807) is 0 Å². The molecule has 0 spiro atoms. The van der Waals surface area contributed by atoms with E-state index in [4.69, 9.17) is 13.9 Å². The summed E-state index contributed by atoms with van der Waals surface area (Å²) in [5.74, 6) is 0. The molecule has 2 fully saturated rings. The predicted molar refractivity (Wildman–Crippen MR) is 128 cm³/mol. The quantitative estimate of drug-likeness (QED) is 0.640. The number of nitrogens with zero attached hydrogens (tertiary/aromatic N) is 2. The van der Waals surface area contributed by atoms with Gasteiger partial charge >= 0.3 is 6.09 Å². The van der Waals surface area contributed by atoms with E-state index in [1.165, 1.54) is 0 Å². The van der Waals surface area contributed by atoms with Gasteiger partial charge in [-0.05, 0) is 53.1 Å². The number of morpholine rings is 1. The molecule has 0 aromatic rings. The monoisotopic (exact) mass is 457 g/mol. The number of carbonyl (C=O) groups excluding carboxylic acids is 1. The highest BCUT2D eigenvalue weighted by atomic mass is 28.3. The van der Waals surface area contributed by atoms with Crippen molar-refractivity contribution in [2.24, 2.45) is 5.41 Å². The number of nitrogens with one attached hydrogen (secondary N) is 1. The molecule has 0 bridgehead atoms. The molecule has 8 heteroatoms. The van der Waals surface area contributed by atoms with E-state index in [2.05, 4.69) is 57.9 Å². The summed E-state index contributed by atoms with van der Waals surface area (Å²) in [6.45, 7) is 25.1. The maximum absolute atomic E-state index is 12.7. The van der Waals surface area contributed by atoms with E-state index in [0.717, 1.165) is 19.6 Å². The second-order valence-electron chi connectivity index (χ2n) is 11.7. The average molecular weight is 458 g/mol. The third-order valence-electron chi connectivity index (χ3n) is 5.93. The molecule has 2 aliphatic heterocycles. The lowest BCUT2D eigenvalue weighted by Gasteiger charge is -2.47. The Kier molecular flexibility index (Phi) is 9.01. The van der Waals surface area contributed by atoms with Crippen molar-refractivity contribution in [3.63, 3.8) is 0 Å². The first kappa shape index (κ1) is 26.6. The van der Waals surface area contributed by atoms with Gasteiger partial charge in [-0.2, -0.15) is 0 Å². The molecule has 1 N–H and O–H groups in total. The Morgan fingerprint density at radius 2 is 1.77 bits per heavy atom. The van der Waals surface area contributed by atoms with Gasteiger partial charge in [0.2, 0.25) is 0 Å². The van der Waals surface area contributed by atoms with Crippen LogP contribution in [0.25, 0.3) is 0 Å². The van der Waals surface area contributed by atoms with E-state index in [9.17, 15) is 4.79 Å². The highest BCUT2D eigenvalue weighted by Gasteiger charge is 2.40. The molecule has 7 nitrogen and oxygen atoms in total. The minimum Gasteiger partial charge on any atom is -0.444 e. The molecule has 2 rings (SSSR count). The first-order chi connectivity index (χ1) is 14.2. The second-order valence-corrected chi connectivity index (χ2v) is 14.1. The van der Waals surface area contributed by atoms with Crippen molar-refractivity contribution in [1.82, 2.24) is 15.1 Å². The van der Waals surface area contributed by atoms with Crippen LogP contribution in [0.3, 0.4) is 0 Å². The summed E-state index contributed by atoms with van der Waals surface area (Å²) >= 11 is 0. The van der Waals surface area contributed by atoms with Gasteiger partial charge in [0.1, 0.15) is 5.60 Å². The minimum absolute atomic E-state index is 0.0280. The largest absolute Gasteiger partial charge is 0.444 e. The molecule has 0 radical (unpaired) electrons. The zero-order valence-electron chi connectivity index (χ0n) is 21.5. The van der Waals surface area contributed by atoms with Crippen LogP contribution in [0.1, 0.15) is 55.4 Å². The lowest BCUT2D eigenvalue weighted by Crippen LogP contribution is -2.63. The van der Waals surface area contributed by atoms with Crippen molar-refractivity contribution in [2.75, 3.05) is 32.8 Å². The van der Waals surface area contributed by atoms with Crippen LogP contribution in [0.5, 0.6) is 0 Å². The smallest absolute Gasteiger partial charge is 0.410 e. The summed E-state index contributed by atoms with van der Waals surface area (Å²) in [6, 6.07) is 0.665. The highest BCUT2D eigenvalue weighted by molar-refractivity contribution is 6.48. The lowest BCUT2D eigenvalue weighted by molar-refractivity contribution is -0.129. The van der Waals surface area contributed by atoms with Crippen LogP contribution >= 0.6 is 0 Å². The standard InChI is InChI=1S/C23H47N3O4Si/c1-16-11-24-18(13-26(16)21(27)29-23(6,7)8)12-25-14-19(28-15-17(25)2)20(22(3,4)5)30-31(9)10/h16-20,24,31H,11-15H2,1-10H3/t16-,17-,18+,19-,20?/m1/s1. The molecule has 5 atom stereocenters. The van der Waals surface area contributed by atoms with Crippen LogP contribution < -0.4 is 5.32 Å². The molecule has 182 valence electrons. The Bertz CT molecular complexity index is 590. The summed E-state index contributed by atoms with van der Waals surface area (Å²) < 4.78 is 18.4. The van der Waals surface area contributed by atoms with E-state index >= 15 is 0 Å². The molecule has 2 saturated heterocycles. The van der Waals surface area contributed by atoms with Gasteiger partial charge in [0.15, 0.2) is 9.04 Å². The molecule has 31 heavy (non-hydrogen) atoms. The first-order valence-corrected chi connectivity index (χ1v) is 14.7. The Hall–Kier alpha value is -0.673. The normalized spacial score (nSPS) is 29.8. The number of ether oxygens (including phenoxy) is 2. The zero-order chi connectivity index (χ0) is 23.6. The van der Waals surface area contributed by atoms with E-state index in [0.29, 0.717) is 19.2 Å². The van der Waals surface area contributed by atoms with Crippen molar-refractivity contribution in [1.29, 1.82) is 0 Å². The molecular weight excluding hydrogens is 410 g/mol. The Balaban J connectivity index is 2.04. The number of piperazine rings is 1. The van der Waals surface area contributed by atoms with Crippen LogP contribution in [0.15, 0.2) is 0 Å². The van der Waals surface area contributed by atoms with Crippen molar-refractivity contribution < 1.29 is 18.7 Å².